The van der Waals surface area contributed by atoms with Crippen molar-refractivity contribution in [2.75, 3.05) is 0 Å². The molecular weight excluding hydrogens is 250 g/mol. The predicted octanol–water partition coefficient (Wildman–Crippen LogP) is 2.70. The molecule has 0 unspecified atom stereocenters. The van der Waals surface area contributed by atoms with E-state index in [1.807, 2.05) is 0 Å². The first-order valence-electron chi connectivity index (χ1n) is 4.69. The topological polar surface area (TPSA) is 73.7 Å². The van der Waals surface area contributed by atoms with Gasteiger partial charge >= 0.3 is 6.18 Å². The highest BCUT2D eigenvalue weighted by Gasteiger charge is 2.33. The second-order valence-corrected chi connectivity index (χ2v) is 3.39. The molecule has 0 aliphatic heterocycles. The summed E-state index contributed by atoms with van der Waals surface area (Å²) in [6.07, 6.45) is -2.58. The minimum absolute atomic E-state index is 0.0296. The third kappa shape index (κ3) is 3.41. The van der Waals surface area contributed by atoms with E-state index in [4.69, 9.17) is 16.6 Å². The molecule has 0 radical (unpaired) electrons. The predicted molar refractivity (Wildman–Crippen MR) is 59.3 cm³/mol. The van der Waals surface area contributed by atoms with Crippen molar-refractivity contribution in [2.24, 2.45) is 5.73 Å². The van der Waals surface area contributed by atoms with Crippen LogP contribution in [-0.2, 0) is 6.18 Å². The van der Waals surface area contributed by atoms with Crippen LogP contribution in [0.5, 0.6) is 0 Å². The lowest BCUT2D eigenvalue weighted by molar-refractivity contribution is -0.140. The molecule has 0 aliphatic carbocycles. The summed E-state index contributed by atoms with van der Waals surface area (Å²) in [5, 5.41) is 14.3. The normalized spacial score (nSPS) is 11.8. The fourth-order valence-electron chi connectivity index (χ4n) is 1.18. The second kappa shape index (κ2) is 4.99. The van der Waals surface area contributed by atoms with Gasteiger partial charge in [-0.1, -0.05) is 6.07 Å². The molecule has 3 nitrogen and oxygen atoms in total. The van der Waals surface area contributed by atoms with E-state index in [0.717, 1.165) is 18.2 Å². The smallest absolute Gasteiger partial charge is 0.384 e. The van der Waals surface area contributed by atoms with Crippen LogP contribution in [0.2, 0.25) is 0 Å². The van der Waals surface area contributed by atoms with Crippen molar-refractivity contribution in [1.82, 2.24) is 0 Å². The zero-order valence-electron chi connectivity index (χ0n) is 8.98. The van der Waals surface area contributed by atoms with Crippen molar-refractivity contribution < 1.29 is 17.6 Å². The molecule has 1 rings (SSSR count). The van der Waals surface area contributed by atoms with Gasteiger partial charge in [-0.25, -0.2) is 4.39 Å². The van der Waals surface area contributed by atoms with Gasteiger partial charge in [-0.3, -0.25) is 5.41 Å². The number of rotatable bonds is 3. The molecule has 0 spiro atoms. The van der Waals surface area contributed by atoms with Gasteiger partial charge in [0, 0.05) is 5.56 Å². The van der Waals surface area contributed by atoms with Crippen LogP contribution in [0, 0.1) is 16.6 Å². The SMILES string of the molecule is N=C(N)/C=C\C(=N)c1ccc(C(F)(F)F)c(F)c1. The summed E-state index contributed by atoms with van der Waals surface area (Å²) in [7, 11) is 0. The monoisotopic (exact) mass is 259 g/mol. The van der Waals surface area contributed by atoms with E-state index in [-0.39, 0.29) is 17.1 Å². The highest BCUT2D eigenvalue weighted by molar-refractivity contribution is 6.09. The Morgan fingerprint density at radius 1 is 1.17 bits per heavy atom. The molecule has 18 heavy (non-hydrogen) atoms. The van der Waals surface area contributed by atoms with E-state index >= 15 is 0 Å². The molecule has 7 heteroatoms. The van der Waals surface area contributed by atoms with Crippen LogP contribution in [0.15, 0.2) is 30.4 Å². The third-order valence-electron chi connectivity index (χ3n) is 2.02. The number of hydrogen-bond acceptors (Lipinski definition) is 2. The van der Waals surface area contributed by atoms with Crippen LogP contribution in [-0.4, -0.2) is 11.5 Å². The minimum atomic E-state index is -4.76. The molecule has 1 aromatic rings. The van der Waals surface area contributed by atoms with Crippen molar-refractivity contribution in [1.29, 1.82) is 10.8 Å². The highest BCUT2D eigenvalue weighted by Crippen LogP contribution is 2.31. The average Bonchev–Trinajstić information content (AvgIpc) is 2.23. The first-order chi connectivity index (χ1) is 8.21. The first kappa shape index (κ1) is 13.9. The summed E-state index contributed by atoms with van der Waals surface area (Å²) >= 11 is 0. The molecule has 96 valence electrons. The van der Waals surface area contributed by atoms with Gasteiger partial charge in [0.25, 0.3) is 0 Å². The number of allylic oxidation sites excluding steroid dienone is 1. The quantitative estimate of drug-likeness (QED) is 0.436. The summed E-state index contributed by atoms with van der Waals surface area (Å²) in [4.78, 5) is 0. The summed E-state index contributed by atoms with van der Waals surface area (Å²) in [6, 6.07) is 2.18. The van der Waals surface area contributed by atoms with Gasteiger partial charge in [-0.2, -0.15) is 13.2 Å². The van der Waals surface area contributed by atoms with Gasteiger partial charge in [0.05, 0.1) is 11.3 Å². The van der Waals surface area contributed by atoms with Crippen LogP contribution in [0.25, 0.3) is 0 Å². The lowest BCUT2D eigenvalue weighted by atomic mass is 10.1. The number of benzene rings is 1. The maximum Gasteiger partial charge on any atom is 0.419 e. The zero-order chi connectivity index (χ0) is 13.9. The standard InChI is InChI=1S/C11H9F4N3/c12-8-5-6(9(16)3-4-10(17)18)1-2-7(8)11(13,14)15/h1-5,16H,(H3,17,18)/b4-3-,16-9?. The number of alkyl halides is 3. The molecule has 4 N–H and O–H groups in total. The van der Waals surface area contributed by atoms with Gasteiger partial charge in [0.15, 0.2) is 0 Å². The second-order valence-electron chi connectivity index (χ2n) is 3.39. The van der Waals surface area contributed by atoms with E-state index < -0.39 is 17.6 Å². The largest absolute Gasteiger partial charge is 0.419 e. The minimum Gasteiger partial charge on any atom is -0.384 e. The van der Waals surface area contributed by atoms with E-state index in [2.05, 4.69) is 0 Å². The fourth-order valence-corrected chi connectivity index (χ4v) is 1.18. The summed E-state index contributed by atoms with van der Waals surface area (Å²) < 4.78 is 50.0. The Morgan fingerprint density at radius 2 is 1.78 bits per heavy atom. The van der Waals surface area contributed by atoms with Crippen LogP contribution in [0.4, 0.5) is 17.6 Å². The van der Waals surface area contributed by atoms with E-state index in [9.17, 15) is 17.6 Å². The summed E-state index contributed by atoms with van der Waals surface area (Å²) in [6.45, 7) is 0. The van der Waals surface area contributed by atoms with Gasteiger partial charge in [-0.05, 0) is 24.3 Å². The average molecular weight is 259 g/mol. The van der Waals surface area contributed by atoms with Crippen LogP contribution in [0.1, 0.15) is 11.1 Å². The van der Waals surface area contributed by atoms with Gasteiger partial charge in [0.1, 0.15) is 11.7 Å². The molecule has 1 aromatic carbocycles. The van der Waals surface area contributed by atoms with Gasteiger partial charge in [0.2, 0.25) is 0 Å². The van der Waals surface area contributed by atoms with Crippen molar-refractivity contribution in [3.8, 4) is 0 Å². The van der Waals surface area contributed by atoms with Crippen LogP contribution in [0.3, 0.4) is 0 Å². The molecular formula is C11H9F4N3. The lowest BCUT2D eigenvalue weighted by Crippen LogP contribution is -2.10. The Kier molecular flexibility index (Phi) is 3.85. The molecule has 0 fully saturated rings. The van der Waals surface area contributed by atoms with E-state index in [1.54, 1.807) is 0 Å². The maximum atomic E-state index is 13.2. The molecule has 0 bridgehead atoms. The van der Waals surface area contributed by atoms with Crippen molar-refractivity contribution >= 4 is 11.5 Å². The highest BCUT2D eigenvalue weighted by atomic mass is 19.4. The molecule has 0 aromatic heterocycles. The Balaban J connectivity index is 3.05. The summed E-state index contributed by atoms with van der Waals surface area (Å²) in [5.41, 5.74) is 3.36. The van der Waals surface area contributed by atoms with Crippen LogP contribution < -0.4 is 5.73 Å². The van der Waals surface area contributed by atoms with E-state index in [0.29, 0.717) is 12.1 Å². The number of hydrogen-bond donors (Lipinski definition) is 3. The van der Waals surface area contributed by atoms with Crippen molar-refractivity contribution in [2.45, 2.75) is 6.18 Å². The maximum absolute atomic E-state index is 13.2. The van der Waals surface area contributed by atoms with Crippen molar-refractivity contribution in [3.05, 3.63) is 47.3 Å². The Labute approximate surface area is 99.9 Å². The zero-order valence-corrected chi connectivity index (χ0v) is 8.98. The number of nitrogens with two attached hydrogens (primary N) is 1. The Bertz CT molecular complexity index is 518. The molecule has 0 saturated carbocycles. The number of nitrogens with one attached hydrogen (secondary N) is 2. The van der Waals surface area contributed by atoms with Gasteiger partial charge < -0.3 is 11.1 Å². The fraction of sp³-hybridized carbons (Fsp3) is 0.0909. The van der Waals surface area contributed by atoms with E-state index in [1.165, 1.54) is 0 Å². The van der Waals surface area contributed by atoms with Gasteiger partial charge in [-0.15, -0.1) is 0 Å². The Hall–Kier alpha value is -2.18. The number of amidine groups is 1. The molecule has 0 atom stereocenters. The number of halogens is 4. The first-order valence-corrected chi connectivity index (χ1v) is 4.69. The summed E-state index contributed by atoms with van der Waals surface area (Å²) in [5.74, 6) is -1.76. The third-order valence-corrected chi connectivity index (χ3v) is 2.02. The molecule has 0 amide bonds. The molecule has 0 aliphatic rings. The molecule has 0 heterocycles. The molecule has 0 saturated heterocycles. The lowest BCUT2D eigenvalue weighted by Gasteiger charge is -2.08. The Morgan fingerprint density at radius 3 is 2.22 bits per heavy atom. The van der Waals surface area contributed by atoms with Crippen molar-refractivity contribution in [3.63, 3.8) is 0 Å². The van der Waals surface area contributed by atoms with Crippen LogP contribution >= 0.6 is 0 Å².